The Kier molecular flexibility index (Phi) is 3.01. The number of ether oxygens (including phenoxy) is 1. The fraction of sp³-hybridized carbons (Fsp3) is 0.0769. The van der Waals surface area contributed by atoms with E-state index in [-0.39, 0.29) is 11.7 Å². The van der Waals surface area contributed by atoms with Gasteiger partial charge in [0.1, 0.15) is 23.2 Å². The molecule has 1 heterocycles. The van der Waals surface area contributed by atoms with Crippen molar-refractivity contribution in [3.8, 4) is 17.7 Å². The maximum Gasteiger partial charge on any atom is 0.237 e. The lowest BCUT2D eigenvalue weighted by Crippen LogP contribution is -1.94. The first-order valence-electron chi connectivity index (χ1n) is 5.00. The number of pyridine rings is 1. The Morgan fingerprint density at radius 2 is 1.94 bits per heavy atom. The lowest BCUT2D eigenvalue weighted by molar-refractivity contribution is 0.459. The largest absolute Gasteiger partial charge is 0.438 e. The van der Waals surface area contributed by atoms with Crippen molar-refractivity contribution in [3.05, 3.63) is 53.5 Å². The number of nitriles is 1. The van der Waals surface area contributed by atoms with Gasteiger partial charge in [-0.15, -0.1) is 0 Å². The summed E-state index contributed by atoms with van der Waals surface area (Å²) in [5.74, 6) is 0.343. The molecule has 0 radical (unpaired) electrons. The van der Waals surface area contributed by atoms with E-state index in [0.29, 0.717) is 11.3 Å². The van der Waals surface area contributed by atoms with Crippen LogP contribution in [0.15, 0.2) is 36.5 Å². The van der Waals surface area contributed by atoms with Gasteiger partial charge in [0.05, 0.1) is 0 Å². The van der Waals surface area contributed by atoms with Crippen LogP contribution < -0.4 is 4.74 Å². The standard InChI is InChI=1S/C13H9FN2O/c1-9-6-7-16-13(12(9)8-15)17-11-4-2-10(14)3-5-11/h2-7H,1H3. The highest BCUT2D eigenvalue weighted by atomic mass is 19.1. The van der Waals surface area contributed by atoms with E-state index in [1.54, 1.807) is 19.2 Å². The maximum absolute atomic E-state index is 12.7. The van der Waals surface area contributed by atoms with Crippen LogP contribution in [0.5, 0.6) is 11.6 Å². The molecule has 84 valence electrons. The zero-order valence-corrected chi connectivity index (χ0v) is 9.14. The Morgan fingerprint density at radius 1 is 1.24 bits per heavy atom. The molecule has 0 amide bonds. The third kappa shape index (κ3) is 2.40. The molecule has 17 heavy (non-hydrogen) atoms. The van der Waals surface area contributed by atoms with Crippen LogP contribution in [0.4, 0.5) is 4.39 Å². The molecule has 0 saturated heterocycles. The molecule has 0 unspecified atom stereocenters. The first kappa shape index (κ1) is 11.1. The van der Waals surface area contributed by atoms with E-state index < -0.39 is 0 Å². The second-order valence-electron chi connectivity index (χ2n) is 3.48. The monoisotopic (exact) mass is 228 g/mol. The van der Waals surface area contributed by atoms with Crippen molar-refractivity contribution < 1.29 is 9.13 Å². The van der Waals surface area contributed by atoms with Crippen molar-refractivity contribution in [2.45, 2.75) is 6.92 Å². The highest BCUT2D eigenvalue weighted by Gasteiger charge is 2.08. The number of rotatable bonds is 2. The Hall–Kier alpha value is -2.41. The molecule has 0 spiro atoms. The van der Waals surface area contributed by atoms with Crippen LogP contribution in [0.3, 0.4) is 0 Å². The maximum atomic E-state index is 12.7. The third-order valence-electron chi connectivity index (χ3n) is 2.26. The summed E-state index contributed by atoms with van der Waals surface area (Å²) < 4.78 is 18.1. The molecular weight excluding hydrogens is 219 g/mol. The Labute approximate surface area is 98.1 Å². The summed E-state index contributed by atoms with van der Waals surface area (Å²) in [6.07, 6.45) is 1.56. The molecule has 0 N–H and O–H groups in total. The van der Waals surface area contributed by atoms with E-state index in [0.717, 1.165) is 5.56 Å². The van der Waals surface area contributed by atoms with Gasteiger partial charge < -0.3 is 4.74 Å². The molecule has 0 atom stereocenters. The van der Waals surface area contributed by atoms with Crippen molar-refractivity contribution in [1.82, 2.24) is 4.98 Å². The molecule has 4 heteroatoms. The molecule has 0 aliphatic carbocycles. The predicted molar refractivity (Wildman–Crippen MR) is 60.2 cm³/mol. The second-order valence-corrected chi connectivity index (χ2v) is 3.48. The minimum atomic E-state index is -0.338. The van der Waals surface area contributed by atoms with Gasteiger partial charge in [0, 0.05) is 6.20 Å². The van der Waals surface area contributed by atoms with Gasteiger partial charge in [0.2, 0.25) is 5.88 Å². The van der Waals surface area contributed by atoms with Crippen LogP contribution in [-0.2, 0) is 0 Å². The molecule has 0 saturated carbocycles. The van der Waals surface area contributed by atoms with E-state index in [1.165, 1.54) is 24.3 Å². The molecule has 0 fully saturated rings. The average molecular weight is 228 g/mol. The zero-order valence-electron chi connectivity index (χ0n) is 9.14. The van der Waals surface area contributed by atoms with E-state index in [4.69, 9.17) is 10.00 Å². The van der Waals surface area contributed by atoms with Crippen molar-refractivity contribution in [3.63, 3.8) is 0 Å². The topological polar surface area (TPSA) is 45.9 Å². The first-order chi connectivity index (χ1) is 8.20. The minimum Gasteiger partial charge on any atom is -0.438 e. The Balaban J connectivity index is 2.34. The van der Waals surface area contributed by atoms with Crippen LogP contribution in [0.25, 0.3) is 0 Å². The van der Waals surface area contributed by atoms with E-state index in [9.17, 15) is 4.39 Å². The Morgan fingerprint density at radius 3 is 2.59 bits per heavy atom. The van der Waals surface area contributed by atoms with Gasteiger partial charge in [-0.1, -0.05) is 0 Å². The molecular formula is C13H9FN2O. The molecule has 0 bridgehead atoms. The van der Waals surface area contributed by atoms with Gasteiger partial charge in [0.15, 0.2) is 0 Å². The summed E-state index contributed by atoms with van der Waals surface area (Å²) in [6, 6.07) is 9.32. The summed E-state index contributed by atoms with van der Waals surface area (Å²) >= 11 is 0. The van der Waals surface area contributed by atoms with Gasteiger partial charge in [-0.25, -0.2) is 9.37 Å². The zero-order chi connectivity index (χ0) is 12.3. The van der Waals surface area contributed by atoms with Crippen molar-refractivity contribution in [2.24, 2.45) is 0 Å². The summed E-state index contributed by atoms with van der Waals surface area (Å²) in [4.78, 5) is 3.99. The summed E-state index contributed by atoms with van der Waals surface area (Å²) in [5, 5.41) is 8.99. The first-order valence-corrected chi connectivity index (χ1v) is 5.00. The van der Waals surface area contributed by atoms with Crippen LogP contribution in [-0.4, -0.2) is 4.98 Å². The summed E-state index contributed by atoms with van der Waals surface area (Å²) in [6.45, 7) is 1.80. The van der Waals surface area contributed by atoms with Crippen molar-refractivity contribution >= 4 is 0 Å². The minimum absolute atomic E-state index is 0.235. The fourth-order valence-electron chi connectivity index (χ4n) is 1.36. The van der Waals surface area contributed by atoms with Gasteiger partial charge >= 0.3 is 0 Å². The number of hydrogen-bond donors (Lipinski definition) is 0. The highest BCUT2D eigenvalue weighted by Crippen LogP contribution is 2.24. The predicted octanol–water partition coefficient (Wildman–Crippen LogP) is 3.19. The normalized spacial score (nSPS) is 9.71. The summed E-state index contributed by atoms with van der Waals surface area (Å²) in [5.41, 5.74) is 1.18. The molecule has 0 aliphatic rings. The molecule has 1 aromatic carbocycles. The number of hydrogen-bond acceptors (Lipinski definition) is 3. The SMILES string of the molecule is Cc1ccnc(Oc2ccc(F)cc2)c1C#N. The lowest BCUT2D eigenvalue weighted by Gasteiger charge is -2.07. The number of halogens is 1. The van der Waals surface area contributed by atoms with Crippen LogP contribution >= 0.6 is 0 Å². The molecule has 2 rings (SSSR count). The highest BCUT2D eigenvalue weighted by molar-refractivity contribution is 5.45. The van der Waals surface area contributed by atoms with Crippen LogP contribution in [0.1, 0.15) is 11.1 Å². The molecule has 0 aliphatic heterocycles. The van der Waals surface area contributed by atoms with Crippen LogP contribution in [0.2, 0.25) is 0 Å². The van der Waals surface area contributed by atoms with Gasteiger partial charge in [-0.2, -0.15) is 5.26 Å². The lowest BCUT2D eigenvalue weighted by atomic mass is 10.2. The number of nitrogens with zero attached hydrogens (tertiary/aromatic N) is 2. The van der Waals surface area contributed by atoms with Crippen LogP contribution in [0, 0.1) is 24.1 Å². The average Bonchev–Trinajstić information content (AvgIpc) is 2.32. The second kappa shape index (κ2) is 4.62. The molecule has 1 aromatic heterocycles. The van der Waals surface area contributed by atoms with Crippen molar-refractivity contribution in [1.29, 1.82) is 5.26 Å². The molecule has 3 nitrogen and oxygen atoms in total. The van der Waals surface area contributed by atoms with Crippen molar-refractivity contribution in [2.75, 3.05) is 0 Å². The van der Waals surface area contributed by atoms with Gasteiger partial charge in [0.25, 0.3) is 0 Å². The van der Waals surface area contributed by atoms with Gasteiger partial charge in [-0.3, -0.25) is 0 Å². The number of benzene rings is 1. The van der Waals surface area contributed by atoms with Gasteiger partial charge in [-0.05, 0) is 42.8 Å². The third-order valence-corrected chi connectivity index (χ3v) is 2.26. The Bertz CT molecular complexity index is 573. The van der Waals surface area contributed by atoms with E-state index >= 15 is 0 Å². The van der Waals surface area contributed by atoms with E-state index in [1.807, 2.05) is 6.07 Å². The molecule has 2 aromatic rings. The summed E-state index contributed by atoms with van der Waals surface area (Å²) in [7, 11) is 0. The fourth-order valence-corrected chi connectivity index (χ4v) is 1.36. The van der Waals surface area contributed by atoms with E-state index in [2.05, 4.69) is 4.98 Å². The number of aromatic nitrogens is 1. The smallest absolute Gasteiger partial charge is 0.237 e. The number of aryl methyl sites for hydroxylation is 1. The quantitative estimate of drug-likeness (QED) is 0.792.